The van der Waals surface area contributed by atoms with Gasteiger partial charge >= 0.3 is 0 Å². The minimum absolute atomic E-state index is 0.00200. The molecule has 8 rings (SSSR count). The molecule has 0 atom stereocenters. The van der Waals surface area contributed by atoms with Crippen LogP contribution in [0.3, 0.4) is 0 Å². The van der Waals surface area contributed by atoms with Crippen molar-refractivity contribution in [3.05, 3.63) is 143 Å². The van der Waals surface area contributed by atoms with Crippen molar-refractivity contribution in [2.75, 3.05) is 16.5 Å². The molecule has 0 saturated heterocycles. The molecule has 7 aromatic rings. The Balaban J connectivity index is 1.22. The number of anilines is 4. The molecule has 5 aromatic carbocycles. The van der Waals surface area contributed by atoms with Gasteiger partial charge in [0.25, 0.3) is 0 Å². The molecule has 0 fully saturated rings. The molecule has 5 heteroatoms. The summed E-state index contributed by atoms with van der Waals surface area (Å²) in [5.41, 5.74) is 11.8. The number of fused-ring (bicyclic) bond motifs is 4. The Morgan fingerprint density at radius 3 is 2.00 bits per heavy atom. The van der Waals surface area contributed by atoms with E-state index in [4.69, 9.17) is 13.8 Å². The fraction of sp³-hybridized carbons (Fsp3) is 0.340. The second kappa shape index (κ2) is 15.0. The van der Waals surface area contributed by atoms with Crippen LogP contribution in [0, 0.1) is 18.7 Å². The summed E-state index contributed by atoms with van der Waals surface area (Å²) in [6.45, 7) is 21.1. The first-order valence-electron chi connectivity index (χ1n) is 22.4. The van der Waals surface area contributed by atoms with Gasteiger partial charge in [-0.15, -0.1) is 0 Å². The number of hydrogen-bond donors (Lipinski definition) is 0. The topological polar surface area (TPSA) is 33.5 Å². The highest BCUT2D eigenvalue weighted by Crippen LogP contribution is 2.47. The van der Waals surface area contributed by atoms with E-state index in [1.807, 2.05) is 6.07 Å². The Hall–Kier alpha value is -5.55. The fourth-order valence-electron chi connectivity index (χ4n) is 8.44. The Bertz CT molecular complexity index is 2720. The summed E-state index contributed by atoms with van der Waals surface area (Å²) >= 11 is 0. The van der Waals surface area contributed by atoms with Gasteiger partial charge in [0.2, 0.25) is 0 Å². The lowest BCUT2D eigenvalue weighted by Gasteiger charge is -2.29. The number of aryl methyl sites for hydroxylation is 1. The molecule has 5 nitrogen and oxygen atoms in total. The van der Waals surface area contributed by atoms with Gasteiger partial charge in [0.05, 0.1) is 22.4 Å². The first kappa shape index (κ1) is 35.6. The molecule has 1 aliphatic heterocycles. The van der Waals surface area contributed by atoms with E-state index in [1.54, 1.807) is 18.3 Å². The van der Waals surface area contributed by atoms with E-state index in [9.17, 15) is 0 Å². The van der Waals surface area contributed by atoms with Gasteiger partial charge in [-0.1, -0.05) is 99.6 Å². The van der Waals surface area contributed by atoms with Crippen LogP contribution in [-0.4, -0.2) is 16.2 Å². The molecule has 0 N–H and O–H groups in total. The number of ether oxygens (including phenoxy) is 1. The van der Waals surface area contributed by atoms with Crippen LogP contribution in [-0.2, 0) is 23.7 Å². The van der Waals surface area contributed by atoms with Crippen LogP contribution in [0.4, 0.5) is 22.7 Å². The van der Waals surface area contributed by atoms with Gasteiger partial charge in [-0.25, -0.2) is 4.98 Å². The van der Waals surface area contributed by atoms with Crippen LogP contribution in [0.2, 0.25) is 0 Å². The van der Waals surface area contributed by atoms with Crippen LogP contribution in [0.25, 0.3) is 27.6 Å². The maximum Gasteiger partial charge on any atom is 0.137 e. The minimum atomic E-state index is -2.26. The molecule has 298 valence electrons. The van der Waals surface area contributed by atoms with E-state index in [0.29, 0.717) is 24.3 Å². The van der Waals surface area contributed by atoms with Crippen molar-refractivity contribution in [3.63, 3.8) is 0 Å². The summed E-state index contributed by atoms with van der Waals surface area (Å²) in [4.78, 5) is 9.57. The lowest BCUT2D eigenvalue weighted by Crippen LogP contribution is -2.25. The standard InChI is InChI=1S/C53H60N4O/c1-34(2)23-37-19-20-46-45(26-37)51-38(24-35(3)4)27-44(32-49(51)57(46)50-25-36(5)21-22-54-50)58-43-16-14-15-41(31-43)55-33-56(48-18-13-12-17-47(48)55)42-29-39(52(6,7)8)28-40(30-42)53(9,10)11/h12-22,25-32,34-35H,23-24,33H2,1-11H3/i5D3. The summed E-state index contributed by atoms with van der Waals surface area (Å²) in [6, 6.07) is 38.4. The van der Waals surface area contributed by atoms with Crippen LogP contribution < -0.4 is 14.5 Å². The smallest absolute Gasteiger partial charge is 0.137 e. The summed E-state index contributed by atoms with van der Waals surface area (Å²) in [6.07, 6.45) is 3.41. The highest BCUT2D eigenvalue weighted by atomic mass is 16.5. The van der Waals surface area contributed by atoms with Crippen molar-refractivity contribution in [3.8, 4) is 17.3 Å². The van der Waals surface area contributed by atoms with Crippen molar-refractivity contribution < 1.29 is 8.85 Å². The predicted molar refractivity (Wildman–Crippen MR) is 246 cm³/mol. The molecular weight excluding hydrogens is 709 g/mol. The zero-order valence-corrected chi connectivity index (χ0v) is 35.9. The van der Waals surface area contributed by atoms with Gasteiger partial charge in [0.15, 0.2) is 0 Å². The second-order valence-corrected chi connectivity index (χ2v) is 19.1. The second-order valence-electron chi connectivity index (χ2n) is 19.1. The number of benzene rings is 5. The maximum absolute atomic E-state index is 8.19. The van der Waals surface area contributed by atoms with Crippen LogP contribution in [0.15, 0.2) is 115 Å². The molecule has 0 bridgehead atoms. The van der Waals surface area contributed by atoms with Crippen molar-refractivity contribution in [2.24, 2.45) is 11.8 Å². The Morgan fingerprint density at radius 2 is 1.34 bits per heavy atom. The number of pyridine rings is 1. The van der Waals surface area contributed by atoms with Gasteiger partial charge in [-0.05, 0) is 137 Å². The highest BCUT2D eigenvalue weighted by molar-refractivity contribution is 6.11. The van der Waals surface area contributed by atoms with E-state index >= 15 is 0 Å². The molecule has 3 heterocycles. The molecule has 58 heavy (non-hydrogen) atoms. The fourth-order valence-corrected chi connectivity index (χ4v) is 8.44. The number of rotatable bonds is 9. The number of nitrogens with zero attached hydrogens (tertiary/aromatic N) is 4. The molecule has 0 saturated carbocycles. The van der Waals surface area contributed by atoms with Gasteiger partial charge in [-0.2, -0.15) is 0 Å². The Morgan fingerprint density at radius 1 is 0.655 bits per heavy atom. The van der Waals surface area contributed by atoms with Crippen LogP contribution in [0.1, 0.15) is 101 Å². The number of hydrogen-bond acceptors (Lipinski definition) is 4. The summed E-state index contributed by atoms with van der Waals surface area (Å²) in [5.74, 6) is 2.92. The van der Waals surface area contributed by atoms with Crippen molar-refractivity contribution in [1.29, 1.82) is 0 Å². The molecule has 0 unspecified atom stereocenters. The Labute approximate surface area is 350 Å². The number of aromatic nitrogens is 2. The summed E-state index contributed by atoms with van der Waals surface area (Å²) in [7, 11) is 0. The average molecular weight is 772 g/mol. The largest absolute Gasteiger partial charge is 0.457 e. The quantitative estimate of drug-likeness (QED) is 0.146. The summed E-state index contributed by atoms with van der Waals surface area (Å²) in [5, 5.41) is 2.29. The van der Waals surface area contributed by atoms with Gasteiger partial charge in [0, 0.05) is 44.6 Å². The van der Waals surface area contributed by atoms with E-state index in [2.05, 4.69) is 175 Å². The Kier molecular flexibility index (Phi) is 9.20. The number of para-hydroxylation sites is 2. The molecule has 2 aromatic heterocycles. The zero-order chi connectivity index (χ0) is 43.6. The third-order valence-corrected chi connectivity index (χ3v) is 11.3. The molecular formula is C53H60N4O. The average Bonchev–Trinajstić information content (AvgIpc) is 3.73. The van der Waals surface area contributed by atoms with Crippen LogP contribution in [0.5, 0.6) is 11.5 Å². The van der Waals surface area contributed by atoms with Crippen molar-refractivity contribution in [1.82, 2.24) is 9.55 Å². The SMILES string of the molecule is [2H]C([2H])([2H])c1ccnc(-n2c3ccc(CC(C)C)cc3c3c(CC(C)C)cc(Oc4cccc(N5CN(c6cc(C(C)(C)C)cc(C(C)(C)C)c6)c6ccccc65)c4)cc32)c1. The first-order chi connectivity index (χ1) is 28.7. The van der Waals surface area contributed by atoms with Gasteiger partial charge in [0.1, 0.15) is 24.0 Å². The predicted octanol–water partition coefficient (Wildman–Crippen LogP) is 14.5. The van der Waals surface area contributed by atoms with E-state index in [0.717, 1.165) is 57.5 Å². The van der Waals surface area contributed by atoms with E-state index in [-0.39, 0.29) is 16.4 Å². The third kappa shape index (κ3) is 7.72. The van der Waals surface area contributed by atoms with E-state index in [1.165, 1.54) is 33.6 Å². The molecule has 0 aliphatic carbocycles. The third-order valence-electron chi connectivity index (χ3n) is 11.3. The lowest BCUT2D eigenvalue weighted by atomic mass is 9.80. The van der Waals surface area contributed by atoms with Crippen molar-refractivity contribution in [2.45, 2.75) is 99.8 Å². The normalized spacial score (nSPS) is 14.4. The van der Waals surface area contributed by atoms with Gasteiger partial charge < -0.3 is 14.5 Å². The van der Waals surface area contributed by atoms with E-state index < -0.39 is 6.85 Å². The van der Waals surface area contributed by atoms with Crippen molar-refractivity contribution >= 4 is 44.6 Å². The first-order valence-corrected chi connectivity index (χ1v) is 20.9. The molecule has 1 aliphatic rings. The zero-order valence-electron chi connectivity index (χ0n) is 38.9. The molecule has 0 radical (unpaired) electrons. The van der Waals surface area contributed by atoms with Gasteiger partial charge in [-0.3, -0.25) is 4.57 Å². The van der Waals surface area contributed by atoms with Crippen LogP contribution >= 0.6 is 0 Å². The maximum atomic E-state index is 8.19. The molecule has 0 spiro atoms. The lowest BCUT2D eigenvalue weighted by molar-refractivity contribution is 0.482. The minimum Gasteiger partial charge on any atom is -0.457 e. The molecule has 0 amide bonds. The highest BCUT2D eigenvalue weighted by Gasteiger charge is 2.30. The summed E-state index contributed by atoms with van der Waals surface area (Å²) < 4.78 is 33.6. The monoisotopic (exact) mass is 771 g/mol.